The topological polar surface area (TPSA) is 59.3 Å². The van der Waals surface area contributed by atoms with E-state index in [4.69, 9.17) is 4.74 Å². The van der Waals surface area contributed by atoms with Gasteiger partial charge in [-0.2, -0.15) is 0 Å². The predicted molar refractivity (Wildman–Crippen MR) is 120 cm³/mol. The number of hydrogen-bond acceptors (Lipinski definition) is 7. The lowest BCUT2D eigenvalue weighted by Crippen LogP contribution is -2.48. The van der Waals surface area contributed by atoms with Crippen LogP contribution in [0.4, 0.5) is 5.69 Å². The molecule has 0 spiro atoms. The molecule has 4 rings (SSSR count). The van der Waals surface area contributed by atoms with Gasteiger partial charge in [0.15, 0.2) is 5.82 Å². The molecule has 0 unspecified atom stereocenters. The summed E-state index contributed by atoms with van der Waals surface area (Å²) < 4.78 is 7.37. The largest absolute Gasteiger partial charge is 0.497 e. The third-order valence-electron chi connectivity index (χ3n) is 5.61. The Labute approximate surface area is 182 Å². The molecule has 1 aliphatic heterocycles. The maximum absolute atomic E-state index is 5.39. The number of anilines is 1. The Morgan fingerprint density at radius 1 is 1.10 bits per heavy atom. The first-order valence-corrected chi connectivity index (χ1v) is 11.4. The standard InChI is InChI=1S/C22H30N6OS/c1-17(2)14-21(22-23-24-25-28(22)16-20-8-5-13-30-20)27-11-9-26(10-12-27)18-6-4-7-19(15-18)29-3/h4-8,13,15,17,21H,9-12,14,16H2,1-3H3/t21-/m1/s1. The first-order valence-electron chi connectivity index (χ1n) is 10.6. The average Bonchev–Trinajstić information content (AvgIpc) is 3.45. The average molecular weight is 427 g/mol. The normalized spacial score (nSPS) is 16.2. The van der Waals surface area contributed by atoms with Crippen molar-refractivity contribution in [2.24, 2.45) is 5.92 Å². The molecule has 1 fully saturated rings. The molecule has 0 bridgehead atoms. The molecule has 1 saturated heterocycles. The molecule has 0 N–H and O–H groups in total. The second-order valence-corrected chi connectivity index (χ2v) is 9.18. The lowest BCUT2D eigenvalue weighted by molar-refractivity contribution is 0.153. The van der Waals surface area contributed by atoms with Crippen LogP contribution in [0.2, 0.25) is 0 Å². The van der Waals surface area contributed by atoms with E-state index in [1.54, 1.807) is 18.4 Å². The van der Waals surface area contributed by atoms with Crippen molar-refractivity contribution in [1.29, 1.82) is 0 Å². The van der Waals surface area contributed by atoms with Crippen LogP contribution in [0.1, 0.15) is 37.0 Å². The van der Waals surface area contributed by atoms with Crippen LogP contribution in [-0.4, -0.2) is 58.4 Å². The number of methoxy groups -OCH3 is 1. The molecule has 0 aliphatic carbocycles. The number of aromatic nitrogens is 4. The molecule has 8 heteroatoms. The zero-order valence-electron chi connectivity index (χ0n) is 17.9. The van der Waals surface area contributed by atoms with Gasteiger partial charge in [-0.25, -0.2) is 4.68 Å². The van der Waals surface area contributed by atoms with Crippen LogP contribution < -0.4 is 9.64 Å². The molecule has 3 aromatic rings. The van der Waals surface area contributed by atoms with Crippen LogP contribution in [0.3, 0.4) is 0 Å². The molecule has 0 amide bonds. The molecular weight excluding hydrogens is 396 g/mol. The van der Waals surface area contributed by atoms with Crippen molar-refractivity contribution in [2.75, 3.05) is 38.2 Å². The molecule has 3 heterocycles. The third kappa shape index (κ3) is 4.82. The lowest BCUT2D eigenvalue weighted by Gasteiger charge is -2.40. The number of hydrogen-bond donors (Lipinski definition) is 0. The fraction of sp³-hybridized carbons (Fsp3) is 0.500. The minimum atomic E-state index is 0.229. The van der Waals surface area contributed by atoms with E-state index >= 15 is 0 Å². The zero-order chi connectivity index (χ0) is 20.9. The van der Waals surface area contributed by atoms with Crippen LogP contribution in [0.5, 0.6) is 5.75 Å². The summed E-state index contributed by atoms with van der Waals surface area (Å²) in [6.07, 6.45) is 1.05. The quantitative estimate of drug-likeness (QED) is 0.547. The summed E-state index contributed by atoms with van der Waals surface area (Å²) in [5.74, 6) is 2.45. The van der Waals surface area contributed by atoms with Crippen molar-refractivity contribution in [3.63, 3.8) is 0 Å². The maximum atomic E-state index is 5.39. The van der Waals surface area contributed by atoms with E-state index in [1.165, 1.54) is 10.6 Å². The van der Waals surface area contributed by atoms with Gasteiger partial charge in [-0.1, -0.05) is 26.0 Å². The van der Waals surface area contributed by atoms with Gasteiger partial charge in [-0.05, 0) is 46.3 Å². The van der Waals surface area contributed by atoms with Crippen LogP contribution in [0.15, 0.2) is 41.8 Å². The molecule has 0 radical (unpaired) electrons. The van der Waals surface area contributed by atoms with Crippen LogP contribution in [0, 0.1) is 5.92 Å². The molecular formula is C22H30N6OS. The number of thiophene rings is 1. The van der Waals surface area contributed by atoms with Crippen molar-refractivity contribution in [3.8, 4) is 5.75 Å². The fourth-order valence-corrected chi connectivity index (χ4v) is 4.76. The number of rotatable bonds is 8. The van der Waals surface area contributed by atoms with Gasteiger partial charge in [0.1, 0.15) is 5.75 Å². The SMILES string of the molecule is COc1cccc(N2CCN([C@H](CC(C)C)c3nnnn3Cc3cccs3)CC2)c1. The monoisotopic (exact) mass is 426 g/mol. The summed E-state index contributed by atoms with van der Waals surface area (Å²) in [5.41, 5.74) is 1.22. The Bertz CT molecular complexity index is 917. The van der Waals surface area contributed by atoms with E-state index < -0.39 is 0 Å². The van der Waals surface area contributed by atoms with Crippen molar-refractivity contribution < 1.29 is 4.74 Å². The molecule has 1 aromatic carbocycles. The van der Waals surface area contributed by atoms with Crippen LogP contribution >= 0.6 is 11.3 Å². The van der Waals surface area contributed by atoms with E-state index in [1.807, 2.05) is 10.7 Å². The maximum Gasteiger partial charge on any atom is 0.168 e. The van der Waals surface area contributed by atoms with Crippen LogP contribution in [0.25, 0.3) is 0 Å². The molecule has 30 heavy (non-hydrogen) atoms. The minimum absolute atomic E-state index is 0.229. The second kappa shape index (κ2) is 9.57. The summed E-state index contributed by atoms with van der Waals surface area (Å²) >= 11 is 1.75. The van der Waals surface area contributed by atoms with Crippen molar-refractivity contribution in [2.45, 2.75) is 32.9 Å². The van der Waals surface area contributed by atoms with Crippen LogP contribution in [-0.2, 0) is 6.54 Å². The van der Waals surface area contributed by atoms with Gasteiger partial charge in [-0.3, -0.25) is 4.90 Å². The summed E-state index contributed by atoms with van der Waals surface area (Å²) in [6, 6.07) is 12.8. The Morgan fingerprint density at radius 2 is 1.93 bits per heavy atom. The smallest absolute Gasteiger partial charge is 0.168 e. The molecule has 0 saturated carbocycles. The highest BCUT2D eigenvalue weighted by Gasteiger charge is 2.30. The first kappa shape index (κ1) is 20.8. The second-order valence-electron chi connectivity index (χ2n) is 8.14. The highest BCUT2D eigenvalue weighted by molar-refractivity contribution is 7.09. The Morgan fingerprint density at radius 3 is 2.63 bits per heavy atom. The van der Waals surface area contributed by atoms with Crippen molar-refractivity contribution >= 4 is 17.0 Å². The summed E-state index contributed by atoms with van der Waals surface area (Å²) in [4.78, 5) is 6.25. The van der Waals surface area contributed by atoms with Gasteiger partial charge in [0, 0.05) is 42.8 Å². The zero-order valence-corrected chi connectivity index (χ0v) is 18.8. The van der Waals surface area contributed by atoms with Gasteiger partial charge in [-0.15, -0.1) is 16.4 Å². The van der Waals surface area contributed by atoms with E-state index in [2.05, 4.69) is 74.9 Å². The highest BCUT2D eigenvalue weighted by atomic mass is 32.1. The first-order chi connectivity index (χ1) is 14.6. The Kier molecular flexibility index (Phi) is 6.64. The summed E-state index contributed by atoms with van der Waals surface area (Å²) in [5, 5.41) is 14.9. The minimum Gasteiger partial charge on any atom is -0.497 e. The van der Waals surface area contributed by atoms with Gasteiger partial charge >= 0.3 is 0 Å². The van der Waals surface area contributed by atoms with Gasteiger partial charge in [0.25, 0.3) is 0 Å². The summed E-state index contributed by atoms with van der Waals surface area (Å²) in [7, 11) is 1.72. The van der Waals surface area contributed by atoms with E-state index in [0.717, 1.165) is 50.7 Å². The molecule has 2 aromatic heterocycles. The van der Waals surface area contributed by atoms with Gasteiger partial charge in [0.2, 0.25) is 0 Å². The number of ether oxygens (including phenoxy) is 1. The molecule has 7 nitrogen and oxygen atoms in total. The van der Waals surface area contributed by atoms with E-state index in [9.17, 15) is 0 Å². The van der Waals surface area contributed by atoms with E-state index in [-0.39, 0.29) is 6.04 Å². The number of benzene rings is 1. The molecule has 160 valence electrons. The molecule has 1 aliphatic rings. The fourth-order valence-electron chi connectivity index (χ4n) is 4.08. The summed E-state index contributed by atoms with van der Waals surface area (Å²) in [6.45, 7) is 9.21. The number of nitrogens with zero attached hydrogens (tertiary/aromatic N) is 6. The lowest BCUT2D eigenvalue weighted by atomic mass is 10.0. The van der Waals surface area contributed by atoms with Crippen molar-refractivity contribution in [1.82, 2.24) is 25.1 Å². The predicted octanol–water partition coefficient (Wildman–Crippen LogP) is 3.70. The molecule has 1 atom stereocenters. The van der Waals surface area contributed by atoms with E-state index in [0.29, 0.717) is 5.92 Å². The van der Waals surface area contributed by atoms with Crippen molar-refractivity contribution in [3.05, 3.63) is 52.5 Å². The highest BCUT2D eigenvalue weighted by Crippen LogP contribution is 2.29. The third-order valence-corrected chi connectivity index (χ3v) is 6.47. The Hall–Kier alpha value is -2.45. The van der Waals surface area contributed by atoms with Gasteiger partial charge < -0.3 is 9.64 Å². The number of tetrazole rings is 1. The Balaban J connectivity index is 1.48. The van der Waals surface area contributed by atoms with Gasteiger partial charge in [0.05, 0.1) is 19.7 Å². The number of piperazine rings is 1.